The van der Waals surface area contributed by atoms with E-state index in [1.165, 1.54) is 0 Å². The number of anilines is 3. The van der Waals surface area contributed by atoms with Crippen LogP contribution < -0.4 is 11.1 Å². The topological polar surface area (TPSA) is 50.9 Å². The summed E-state index contributed by atoms with van der Waals surface area (Å²) < 4.78 is 26.3. The molecule has 0 aliphatic heterocycles. The van der Waals surface area contributed by atoms with Gasteiger partial charge in [0.25, 0.3) is 0 Å². The molecule has 1 aromatic heterocycles. The van der Waals surface area contributed by atoms with Gasteiger partial charge in [-0.15, -0.1) is 0 Å². The molecular formula is C11H8ClF2N3. The van der Waals surface area contributed by atoms with Gasteiger partial charge in [0, 0.05) is 6.07 Å². The van der Waals surface area contributed by atoms with E-state index in [9.17, 15) is 8.78 Å². The highest BCUT2D eigenvalue weighted by molar-refractivity contribution is 6.33. The van der Waals surface area contributed by atoms with Gasteiger partial charge in [0.1, 0.15) is 17.5 Å². The SMILES string of the molecule is Nc1cccc(Nc2c(F)cc(F)cc2Cl)n1. The Morgan fingerprint density at radius 3 is 2.65 bits per heavy atom. The molecule has 1 heterocycles. The number of halogens is 3. The maximum absolute atomic E-state index is 13.5. The first-order valence-electron chi connectivity index (χ1n) is 4.70. The zero-order valence-electron chi connectivity index (χ0n) is 8.55. The minimum absolute atomic E-state index is 0.0360. The Kier molecular flexibility index (Phi) is 3.10. The zero-order valence-corrected chi connectivity index (χ0v) is 9.30. The summed E-state index contributed by atoms with van der Waals surface area (Å²) in [4.78, 5) is 3.92. The Morgan fingerprint density at radius 2 is 2.00 bits per heavy atom. The third-order valence-corrected chi connectivity index (χ3v) is 2.33. The Hall–Kier alpha value is -1.88. The highest BCUT2D eigenvalue weighted by atomic mass is 35.5. The Labute approximate surface area is 101 Å². The number of nitrogens with two attached hydrogens (primary N) is 1. The molecule has 0 aliphatic rings. The smallest absolute Gasteiger partial charge is 0.151 e. The number of nitrogen functional groups attached to an aromatic ring is 1. The molecule has 2 aromatic rings. The first kappa shape index (κ1) is 11.6. The molecular weight excluding hydrogens is 248 g/mol. The molecule has 17 heavy (non-hydrogen) atoms. The number of hydrogen-bond donors (Lipinski definition) is 2. The van der Waals surface area contributed by atoms with E-state index in [1.807, 2.05) is 0 Å². The minimum atomic E-state index is -0.792. The van der Waals surface area contributed by atoms with Gasteiger partial charge in [-0.2, -0.15) is 0 Å². The fraction of sp³-hybridized carbons (Fsp3) is 0. The average molecular weight is 256 g/mol. The number of pyridine rings is 1. The molecule has 1 aromatic carbocycles. The van der Waals surface area contributed by atoms with Gasteiger partial charge in [-0.3, -0.25) is 0 Å². The van der Waals surface area contributed by atoms with Gasteiger partial charge >= 0.3 is 0 Å². The van der Waals surface area contributed by atoms with E-state index >= 15 is 0 Å². The second kappa shape index (κ2) is 4.55. The second-order valence-corrected chi connectivity index (χ2v) is 3.72. The molecule has 0 radical (unpaired) electrons. The van der Waals surface area contributed by atoms with Crippen molar-refractivity contribution in [1.82, 2.24) is 4.98 Å². The number of hydrogen-bond acceptors (Lipinski definition) is 3. The summed E-state index contributed by atoms with van der Waals surface area (Å²) in [5.41, 5.74) is 5.44. The molecule has 0 unspecified atom stereocenters. The molecule has 0 saturated carbocycles. The van der Waals surface area contributed by atoms with Crippen LogP contribution in [0.15, 0.2) is 30.3 Å². The average Bonchev–Trinajstić information content (AvgIpc) is 2.23. The highest BCUT2D eigenvalue weighted by Gasteiger charge is 2.10. The normalized spacial score (nSPS) is 10.3. The van der Waals surface area contributed by atoms with Crippen LogP contribution in [-0.2, 0) is 0 Å². The number of aromatic nitrogens is 1. The van der Waals surface area contributed by atoms with Gasteiger partial charge in [0.2, 0.25) is 0 Å². The Bertz CT molecular complexity index is 537. The maximum atomic E-state index is 13.5. The predicted octanol–water partition coefficient (Wildman–Crippen LogP) is 3.34. The van der Waals surface area contributed by atoms with Gasteiger partial charge in [-0.25, -0.2) is 13.8 Å². The minimum Gasteiger partial charge on any atom is -0.384 e. The first-order valence-corrected chi connectivity index (χ1v) is 5.08. The van der Waals surface area contributed by atoms with Crippen LogP contribution in [0.1, 0.15) is 0 Å². The Morgan fingerprint density at radius 1 is 1.24 bits per heavy atom. The van der Waals surface area contributed by atoms with Crippen LogP contribution in [0.2, 0.25) is 5.02 Å². The van der Waals surface area contributed by atoms with E-state index in [1.54, 1.807) is 18.2 Å². The van der Waals surface area contributed by atoms with Gasteiger partial charge in [0.05, 0.1) is 10.7 Å². The highest BCUT2D eigenvalue weighted by Crippen LogP contribution is 2.28. The van der Waals surface area contributed by atoms with E-state index in [-0.39, 0.29) is 16.5 Å². The molecule has 0 bridgehead atoms. The summed E-state index contributed by atoms with van der Waals surface area (Å²) in [6, 6.07) is 6.59. The van der Waals surface area contributed by atoms with E-state index in [0.717, 1.165) is 12.1 Å². The fourth-order valence-electron chi connectivity index (χ4n) is 1.31. The van der Waals surface area contributed by atoms with E-state index in [2.05, 4.69) is 10.3 Å². The van der Waals surface area contributed by atoms with Crippen molar-refractivity contribution in [2.24, 2.45) is 0 Å². The van der Waals surface area contributed by atoms with Crippen LogP contribution in [0.3, 0.4) is 0 Å². The quantitative estimate of drug-likeness (QED) is 0.865. The van der Waals surface area contributed by atoms with Crippen molar-refractivity contribution in [1.29, 1.82) is 0 Å². The predicted molar refractivity (Wildman–Crippen MR) is 63.3 cm³/mol. The van der Waals surface area contributed by atoms with Crippen molar-refractivity contribution in [3.63, 3.8) is 0 Å². The van der Waals surface area contributed by atoms with Gasteiger partial charge in [-0.05, 0) is 18.2 Å². The van der Waals surface area contributed by atoms with Crippen molar-refractivity contribution in [2.45, 2.75) is 0 Å². The first-order chi connectivity index (χ1) is 8.06. The number of rotatable bonds is 2. The summed E-state index contributed by atoms with van der Waals surface area (Å²) in [6.07, 6.45) is 0. The summed E-state index contributed by atoms with van der Waals surface area (Å²) in [5.74, 6) is -0.913. The lowest BCUT2D eigenvalue weighted by Crippen LogP contribution is -1.99. The van der Waals surface area contributed by atoms with E-state index < -0.39 is 11.6 Å². The molecule has 0 saturated heterocycles. The van der Waals surface area contributed by atoms with Crippen molar-refractivity contribution in [3.05, 3.63) is 47.0 Å². The molecule has 0 fully saturated rings. The molecule has 88 valence electrons. The van der Waals surface area contributed by atoms with Crippen LogP contribution in [0.5, 0.6) is 0 Å². The molecule has 0 aliphatic carbocycles. The molecule has 0 amide bonds. The molecule has 2 rings (SSSR count). The van der Waals surface area contributed by atoms with Crippen LogP contribution in [0.4, 0.5) is 26.1 Å². The zero-order chi connectivity index (χ0) is 12.4. The second-order valence-electron chi connectivity index (χ2n) is 3.32. The maximum Gasteiger partial charge on any atom is 0.151 e. The fourth-order valence-corrected chi connectivity index (χ4v) is 1.55. The van der Waals surface area contributed by atoms with Gasteiger partial charge < -0.3 is 11.1 Å². The summed E-state index contributed by atoms with van der Waals surface area (Å²) in [7, 11) is 0. The lowest BCUT2D eigenvalue weighted by Gasteiger charge is -2.09. The van der Waals surface area contributed by atoms with Crippen LogP contribution in [-0.4, -0.2) is 4.98 Å². The molecule has 6 heteroatoms. The summed E-state index contributed by atoms with van der Waals surface area (Å²) in [5, 5.41) is 2.58. The third-order valence-electron chi connectivity index (χ3n) is 2.03. The van der Waals surface area contributed by atoms with Crippen LogP contribution >= 0.6 is 11.6 Å². The summed E-state index contributed by atoms with van der Waals surface area (Å²) >= 11 is 5.72. The third kappa shape index (κ3) is 2.62. The number of nitrogens with zero attached hydrogens (tertiary/aromatic N) is 1. The lowest BCUT2D eigenvalue weighted by molar-refractivity contribution is 0.586. The van der Waals surface area contributed by atoms with Gasteiger partial charge in [-0.1, -0.05) is 17.7 Å². The monoisotopic (exact) mass is 255 g/mol. The van der Waals surface area contributed by atoms with E-state index in [0.29, 0.717) is 5.82 Å². The number of nitrogens with one attached hydrogen (secondary N) is 1. The van der Waals surface area contributed by atoms with Crippen LogP contribution in [0, 0.1) is 11.6 Å². The number of benzene rings is 1. The Balaban J connectivity index is 2.36. The molecule has 0 atom stereocenters. The standard InChI is InChI=1S/C11H8ClF2N3/c12-7-4-6(13)5-8(14)11(7)17-10-3-1-2-9(15)16-10/h1-5H,(H3,15,16,17). The molecule has 3 N–H and O–H groups in total. The largest absolute Gasteiger partial charge is 0.384 e. The van der Waals surface area contributed by atoms with E-state index in [4.69, 9.17) is 17.3 Å². The van der Waals surface area contributed by atoms with Crippen molar-refractivity contribution < 1.29 is 8.78 Å². The van der Waals surface area contributed by atoms with Crippen LogP contribution in [0.25, 0.3) is 0 Å². The molecule has 3 nitrogen and oxygen atoms in total. The lowest BCUT2D eigenvalue weighted by atomic mass is 10.3. The van der Waals surface area contributed by atoms with Crippen molar-refractivity contribution in [2.75, 3.05) is 11.1 Å². The van der Waals surface area contributed by atoms with Crippen molar-refractivity contribution in [3.8, 4) is 0 Å². The van der Waals surface area contributed by atoms with Crippen molar-refractivity contribution >= 4 is 28.9 Å². The summed E-state index contributed by atoms with van der Waals surface area (Å²) in [6.45, 7) is 0. The van der Waals surface area contributed by atoms with Gasteiger partial charge in [0.15, 0.2) is 5.82 Å². The molecule has 0 spiro atoms.